The summed E-state index contributed by atoms with van der Waals surface area (Å²) in [4.78, 5) is 15.5. The lowest BCUT2D eigenvalue weighted by atomic mass is 10.3. The Morgan fingerprint density at radius 1 is 1.33 bits per heavy atom. The second-order valence-corrected chi connectivity index (χ2v) is 4.09. The standard InChI is InChI=1S/C11H9BrN2O/c12-10-3-4-11(15)14(8-10)7-9-2-1-5-13-6-9/h1-6,8H,7H2. The summed E-state index contributed by atoms with van der Waals surface area (Å²) in [6.07, 6.45) is 5.25. The molecule has 0 fully saturated rings. The predicted molar refractivity (Wildman–Crippen MR) is 61.7 cm³/mol. The molecule has 0 aliphatic rings. The fourth-order valence-corrected chi connectivity index (χ4v) is 1.69. The molecule has 2 aromatic heterocycles. The summed E-state index contributed by atoms with van der Waals surface area (Å²) in [5.41, 5.74) is 1.000. The summed E-state index contributed by atoms with van der Waals surface area (Å²) >= 11 is 3.33. The smallest absolute Gasteiger partial charge is 0.250 e. The van der Waals surface area contributed by atoms with Crippen LogP contribution < -0.4 is 5.56 Å². The van der Waals surface area contributed by atoms with Gasteiger partial charge in [-0.3, -0.25) is 9.78 Å². The molecule has 0 aliphatic heterocycles. The van der Waals surface area contributed by atoms with Gasteiger partial charge in [0.2, 0.25) is 0 Å². The highest BCUT2D eigenvalue weighted by Crippen LogP contribution is 2.06. The Kier molecular flexibility index (Phi) is 2.97. The summed E-state index contributed by atoms with van der Waals surface area (Å²) in [5.74, 6) is 0. The first-order chi connectivity index (χ1) is 7.25. The van der Waals surface area contributed by atoms with Gasteiger partial charge in [0.1, 0.15) is 0 Å². The fourth-order valence-electron chi connectivity index (χ4n) is 1.31. The second kappa shape index (κ2) is 4.40. The normalized spacial score (nSPS) is 10.2. The Morgan fingerprint density at radius 2 is 2.20 bits per heavy atom. The van der Waals surface area contributed by atoms with Gasteiger partial charge in [-0.15, -0.1) is 0 Å². The van der Waals surface area contributed by atoms with Crippen molar-refractivity contribution in [2.75, 3.05) is 0 Å². The fraction of sp³-hybridized carbons (Fsp3) is 0.0909. The minimum Gasteiger partial charge on any atom is -0.310 e. The Morgan fingerprint density at radius 3 is 2.93 bits per heavy atom. The molecule has 3 nitrogen and oxygen atoms in total. The van der Waals surface area contributed by atoms with Crippen molar-refractivity contribution in [3.63, 3.8) is 0 Å². The number of hydrogen-bond donors (Lipinski definition) is 0. The molecule has 2 heterocycles. The maximum Gasteiger partial charge on any atom is 0.250 e. The van der Waals surface area contributed by atoms with Crippen molar-refractivity contribution in [2.45, 2.75) is 6.54 Å². The number of rotatable bonds is 2. The Balaban J connectivity index is 2.32. The van der Waals surface area contributed by atoms with Crippen molar-refractivity contribution >= 4 is 15.9 Å². The van der Waals surface area contributed by atoms with E-state index in [-0.39, 0.29) is 5.56 Å². The molecular formula is C11H9BrN2O. The molecule has 0 saturated heterocycles. The molecule has 0 amide bonds. The van der Waals surface area contributed by atoms with E-state index in [0.29, 0.717) is 6.54 Å². The van der Waals surface area contributed by atoms with Crippen LogP contribution in [0.3, 0.4) is 0 Å². The van der Waals surface area contributed by atoms with Crippen LogP contribution in [-0.4, -0.2) is 9.55 Å². The van der Waals surface area contributed by atoms with Gasteiger partial charge in [-0.25, -0.2) is 0 Å². The lowest BCUT2D eigenvalue weighted by molar-refractivity contribution is 0.753. The first-order valence-electron chi connectivity index (χ1n) is 4.50. The average Bonchev–Trinajstić information content (AvgIpc) is 2.25. The van der Waals surface area contributed by atoms with Crippen molar-refractivity contribution in [1.29, 1.82) is 0 Å². The summed E-state index contributed by atoms with van der Waals surface area (Å²) in [6.45, 7) is 0.548. The lowest BCUT2D eigenvalue weighted by Crippen LogP contribution is -2.18. The van der Waals surface area contributed by atoms with E-state index in [1.165, 1.54) is 0 Å². The third-order valence-corrected chi connectivity index (χ3v) is 2.49. The molecule has 0 spiro atoms. The van der Waals surface area contributed by atoms with Gasteiger partial charge in [0, 0.05) is 29.1 Å². The lowest BCUT2D eigenvalue weighted by Gasteiger charge is -2.05. The van der Waals surface area contributed by atoms with Crippen LogP contribution in [0.25, 0.3) is 0 Å². The third-order valence-electron chi connectivity index (χ3n) is 2.02. The topological polar surface area (TPSA) is 34.9 Å². The molecule has 0 unspecified atom stereocenters. The molecule has 76 valence electrons. The van der Waals surface area contributed by atoms with Crippen LogP contribution in [0.4, 0.5) is 0 Å². The highest BCUT2D eigenvalue weighted by atomic mass is 79.9. The van der Waals surface area contributed by atoms with Crippen molar-refractivity contribution in [3.05, 3.63) is 63.2 Å². The summed E-state index contributed by atoms with van der Waals surface area (Å²) in [5, 5.41) is 0. The predicted octanol–water partition coefficient (Wildman–Crippen LogP) is 2.05. The molecule has 15 heavy (non-hydrogen) atoms. The number of halogens is 1. The van der Waals surface area contributed by atoms with E-state index in [1.807, 2.05) is 12.1 Å². The van der Waals surface area contributed by atoms with Crippen molar-refractivity contribution < 1.29 is 0 Å². The van der Waals surface area contributed by atoms with E-state index in [1.54, 1.807) is 35.3 Å². The first kappa shape index (κ1) is 10.1. The zero-order valence-electron chi connectivity index (χ0n) is 7.93. The molecule has 4 heteroatoms. The van der Waals surface area contributed by atoms with Gasteiger partial charge in [0.05, 0.1) is 6.54 Å². The molecule has 0 aliphatic carbocycles. The molecule has 0 aromatic carbocycles. The molecule has 2 aromatic rings. The highest BCUT2D eigenvalue weighted by Gasteiger charge is 1.98. The monoisotopic (exact) mass is 264 g/mol. The molecule has 0 radical (unpaired) electrons. The van der Waals surface area contributed by atoms with Crippen LogP contribution in [0.15, 0.2) is 52.1 Å². The van der Waals surface area contributed by atoms with Gasteiger partial charge in [-0.2, -0.15) is 0 Å². The van der Waals surface area contributed by atoms with Gasteiger partial charge in [0.15, 0.2) is 0 Å². The van der Waals surface area contributed by atoms with Gasteiger partial charge in [-0.05, 0) is 33.6 Å². The van der Waals surface area contributed by atoms with Gasteiger partial charge in [0.25, 0.3) is 5.56 Å². The molecule has 0 N–H and O–H groups in total. The number of hydrogen-bond acceptors (Lipinski definition) is 2. The third kappa shape index (κ3) is 2.53. The molecule has 2 rings (SSSR count). The quantitative estimate of drug-likeness (QED) is 0.833. The van der Waals surface area contributed by atoms with Crippen LogP contribution in [0.1, 0.15) is 5.56 Å². The minimum absolute atomic E-state index is 0.0120. The van der Waals surface area contributed by atoms with Crippen molar-refractivity contribution in [2.24, 2.45) is 0 Å². The molecule has 0 saturated carbocycles. The maximum absolute atomic E-state index is 11.5. The van der Waals surface area contributed by atoms with Crippen LogP contribution in [0.5, 0.6) is 0 Å². The molecule has 0 atom stereocenters. The first-order valence-corrected chi connectivity index (χ1v) is 5.30. The Hall–Kier alpha value is -1.42. The van der Waals surface area contributed by atoms with E-state index in [0.717, 1.165) is 10.0 Å². The zero-order chi connectivity index (χ0) is 10.7. The van der Waals surface area contributed by atoms with E-state index >= 15 is 0 Å². The zero-order valence-corrected chi connectivity index (χ0v) is 9.52. The van der Waals surface area contributed by atoms with Crippen LogP contribution in [0, 0.1) is 0 Å². The average molecular weight is 265 g/mol. The van der Waals surface area contributed by atoms with E-state index in [9.17, 15) is 4.79 Å². The second-order valence-electron chi connectivity index (χ2n) is 3.17. The maximum atomic E-state index is 11.5. The minimum atomic E-state index is -0.0120. The van der Waals surface area contributed by atoms with Gasteiger partial charge in [-0.1, -0.05) is 6.07 Å². The molecular weight excluding hydrogens is 256 g/mol. The summed E-state index contributed by atoms with van der Waals surface area (Å²) in [6, 6.07) is 7.08. The van der Waals surface area contributed by atoms with Gasteiger partial charge < -0.3 is 4.57 Å². The number of aromatic nitrogens is 2. The Bertz CT molecular complexity index is 507. The van der Waals surface area contributed by atoms with Crippen LogP contribution in [-0.2, 0) is 6.54 Å². The van der Waals surface area contributed by atoms with Crippen LogP contribution >= 0.6 is 15.9 Å². The van der Waals surface area contributed by atoms with Crippen molar-refractivity contribution in [3.8, 4) is 0 Å². The van der Waals surface area contributed by atoms with Crippen molar-refractivity contribution in [1.82, 2.24) is 9.55 Å². The largest absolute Gasteiger partial charge is 0.310 e. The van der Waals surface area contributed by atoms with E-state index < -0.39 is 0 Å². The Labute approximate surface area is 95.5 Å². The SMILES string of the molecule is O=c1ccc(Br)cn1Cc1cccnc1. The number of pyridine rings is 2. The highest BCUT2D eigenvalue weighted by molar-refractivity contribution is 9.10. The van der Waals surface area contributed by atoms with E-state index in [4.69, 9.17) is 0 Å². The van der Waals surface area contributed by atoms with Gasteiger partial charge >= 0.3 is 0 Å². The summed E-state index contributed by atoms with van der Waals surface area (Å²) < 4.78 is 2.53. The van der Waals surface area contributed by atoms with E-state index in [2.05, 4.69) is 20.9 Å². The summed E-state index contributed by atoms with van der Waals surface area (Å²) in [7, 11) is 0. The number of nitrogens with zero attached hydrogens (tertiary/aromatic N) is 2. The molecule has 0 bridgehead atoms. The van der Waals surface area contributed by atoms with Crippen LogP contribution in [0.2, 0.25) is 0 Å².